The predicted octanol–water partition coefficient (Wildman–Crippen LogP) is 3.57. The van der Waals surface area contributed by atoms with Crippen LogP contribution in [0.2, 0.25) is 0 Å². The van der Waals surface area contributed by atoms with E-state index in [1.165, 1.54) is 0 Å². The highest BCUT2D eigenvalue weighted by Crippen LogP contribution is 2.21. The van der Waals surface area contributed by atoms with Crippen LogP contribution >= 0.6 is 0 Å². The van der Waals surface area contributed by atoms with Crippen molar-refractivity contribution in [3.8, 4) is 0 Å². The van der Waals surface area contributed by atoms with Gasteiger partial charge in [-0.1, -0.05) is 30.3 Å². The Labute approximate surface area is 176 Å². The van der Waals surface area contributed by atoms with Crippen LogP contribution in [0.15, 0.2) is 59.4 Å². The minimum Gasteiger partial charge on any atom is -0.313 e. The average Bonchev–Trinajstić information content (AvgIpc) is 2.74. The number of likely N-dealkylation sites (N-methyl/N-ethyl adjacent to an activating group) is 1. The fourth-order valence-electron chi connectivity index (χ4n) is 3.44. The number of anilines is 1. The maximum Gasteiger partial charge on any atom is 0.322 e. The molecular weight excluding hydrogens is 378 g/mol. The van der Waals surface area contributed by atoms with Crippen molar-refractivity contribution in [2.45, 2.75) is 26.4 Å². The molecule has 1 N–H and O–H groups in total. The normalized spacial score (nSPS) is 12.2. The number of hydrogen-bond acceptors (Lipinski definition) is 4. The summed E-state index contributed by atoms with van der Waals surface area (Å²) in [6.45, 7) is 5.51. The van der Waals surface area contributed by atoms with E-state index >= 15 is 0 Å². The van der Waals surface area contributed by atoms with Crippen LogP contribution in [-0.2, 0) is 6.54 Å². The number of benzene rings is 2. The van der Waals surface area contributed by atoms with Gasteiger partial charge in [0.05, 0.1) is 16.9 Å². The van der Waals surface area contributed by atoms with Crippen molar-refractivity contribution in [2.75, 3.05) is 32.5 Å². The molecule has 3 aromatic rings. The van der Waals surface area contributed by atoms with Crippen molar-refractivity contribution in [2.24, 2.45) is 0 Å². The lowest BCUT2D eigenvalue weighted by atomic mass is 10.2. The topological polar surface area (TPSA) is 70.5 Å². The van der Waals surface area contributed by atoms with Gasteiger partial charge in [-0.25, -0.2) is 9.78 Å². The lowest BCUT2D eigenvalue weighted by Crippen LogP contribution is -2.43. The summed E-state index contributed by atoms with van der Waals surface area (Å²) in [7, 11) is 3.93. The van der Waals surface area contributed by atoms with Gasteiger partial charge in [-0.05, 0) is 52.2 Å². The first-order valence-corrected chi connectivity index (χ1v) is 10.2. The fraction of sp³-hybridized carbons (Fsp3) is 0.348. The molecule has 0 saturated carbocycles. The first-order valence-electron chi connectivity index (χ1n) is 10.2. The molecule has 1 unspecified atom stereocenters. The number of carbonyl (C=O) groups is 1. The van der Waals surface area contributed by atoms with E-state index in [-0.39, 0.29) is 17.6 Å². The molecule has 7 nitrogen and oxygen atoms in total. The van der Waals surface area contributed by atoms with Crippen molar-refractivity contribution >= 4 is 22.6 Å². The molecule has 0 aliphatic carbocycles. The van der Waals surface area contributed by atoms with Crippen molar-refractivity contribution in [1.29, 1.82) is 0 Å². The molecule has 2 amide bonds. The molecule has 30 heavy (non-hydrogen) atoms. The number of amides is 2. The third-order valence-electron chi connectivity index (χ3n) is 5.12. The zero-order valence-corrected chi connectivity index (χ0v) is 18.0. The Bertz CT molecular complexity index is 1060. The second-order valence-electron chi connectivity index (χ2n) is 7.51. The SMILES string of the molecule is CCn1c(C(C)N(CCN(C)C)C(=O)Nc2ccccc2)nc2ccccc2c1=O. The average molecular weight is 408 g/mol. The van der Waals surface area contributed by atoms with Crippen LogP contribution in [0.25, 0.3) is 10.9 Å². The molecule has 0 spiro atoms. The van der Waals surface area contributed by atoms with E-state index in [0.29, 0.717) is 36.4 Å². The number of aromatic nitrogens is 2. The van der Waals surface area contributed by atoms with Gasteiger partial charge >= 0.3 is 6.03 Å². The second kappa shape index (κ2) is 9.54. The summed E-state index contributed by atoms with van der Waals surface area (Å²) in [4.78, 5) is 34.7. The summed E-state index contributed by atoms with van der Waals surface area (Å²) in [5.41, 5.74) is 1.29. The maximum atomic E-state index is 13.2. The van der Waals surface area contributed by atoms with Gasteiger partial charge in [0.2, 0.25) is 0 Å². The summed E-state index contributed by atoms with van der Waals surface area (Å²) in [5.74, 6) is 0.586. The molecule has 0 radical (unpaired) electrons. The van der Waals surface area contributed by atoms with Crippen LogP contribution in [-0.4, -0.2) is 52.6 Å². The van der Waals surface area contributed by atoms with Gasteiger partial charge in [-0.3, -0.25) is 9.36 Å². The van der Waals surface area contributed by atoms with E-state index in [1.54, 1.807) is 15.5 Å². The molecule has 1 heterocycles. The number of nitrogens with one attached hydrogen (secondary N) is 1. The first-order chi connectivity index (χ1) is 14.4. The van der Waals surface area contributed by atoms with Gasteiger partial charge in [-0.15, -0.1) is 0 Å². The molecule has 1 aromatic heterocycles. The fourth-order valence-corrected chi connectivity index (χ4v) is 3.44. The van der Waals surface area contributed by atoms with Crippen LogP contribution in [0.3, 0.4) is 0 Å². The highest BCUT2D eigenvalue weighted by Gasteiger charge is 2.26. The molecule has 0 bridgehead atoms. The molecule has 0 saturated heterocycles. The second-order valence-corrected chi connectivity index (χ2v) is 7.51. The summed E-state index contributed by atoms with van der Waals surface area (Å²) < 4.78 is 1.66. The Morgan fingerprint density at radius 3 is 2.40 bits per heavy atom. The number of nitrogens with zero attached hydrogens (tertiary/aromatic N) is 4. The van der Waals surface area contributed by atoms with E-state index in [0.717, 1.165) is 5.69 Å². The Morgan fingerprint density at radius 1 is 1.07 bits per heavy atom. The molecular formula is C23H29N5O2. The summed E-state index contributed by atoms with van der Waals surface area (Å²) >= 11 is 0. The largest absolute Gasteiger partial charge is 0.322 e. The summed E-state index contributed by atoms with van der Waals surface area (Å²) in [5, 5.41) is 3.55. The molecule has 0 aliphatic heterocycles. The quantitative estimate of drug-likeness (QED) is 0.650. The number of carbonyl (C=O) groups excluding carboxylic acids is 1. The van der Waals surface area contributed by atoms with E-state index in [1.807, 2.05) is 81.4 Å². The third kappa shape index (κ3) is 4.68. The van der Waals surface area contributed by atoms with E-state index in [4.69, 9.17) is 4.98 Å². The maximum absolute atomic E-state index is 13.2. The lowest BCUT2D eigenvalue weighted by Gasteiger charge is -2.31. The number of urea groups is 1. The summed E-state index contributed by atoms with van der Waals surface area (Å²) in [6, 6.07) is 16.1. The van der Waals surface area contributed by atoms with Crippen LogP contribution in [0.4, 0.5) is 10.5 Å². The van der Waals surface area contributed by atoms with Crippen LogP contribution < -0.4 is 10.9 Å². The molecule has 0 aliphatic rings. The van der Waals surface area contributed by atoms with Gasteiger partial charge in [-0.2, -0.15) is 0 Å². The smallest absolute Gasteiger partial charge is 0.313 e. The van der Waals surface area contributed by atoms with E-state index in [2.05, 4.69) is 5.32 Å². The molecule has 158 valence electrons. The molecule has 7 heteroatoms. The summed E-state index contributed by atoms with van der Waals surface area (Å²) in [6.07, 6.45) is 0. The highest BCUT2D eigenvalue weighted by atomic mass is 16.2. The third-order valence-corrected chi connectivity index (χ3v) is 5.12. The minimum atomic E-state index is -0.383. The van der Waals surface area contributed by atoms with Crippen LogP contribution in [0.5, 0.6) is 0 Å². The molecule has 1 atom stereocenters. The van der Waals surface area contributed by atoms with Crippen LogP contribution in [0, 0.1) is 0 Å². The van der Waals surface area contributed by atoms with E-state index in [9.17, 15) is 9.59 Å². The van der Waals surface area contributed by atoms with Gasteiger partial charge < -0.3 is 15.1 Å². The Kier molecular flexibility index (Phi) is 6.84. The predicted molar refractivity (Wildman–Crippen MR) is 121 cm³/mol. The van der Waals surface area contributed by atoms with Crippen LogP contribution in [0.1, 0.15) is 25.7 Å². The van der Waals surface area contributed by atoms with Gasteiger partial charge in [0.25, 0.3) is 5.56 Å². The van der Waals surface area contributed by atoms with Gasteiger partial charge in [0.1, 0.15) is 5.82 Å². The highest BCUT2D eigenvalue weighted by molar-refractivity contribution is 5.89. The first kappa shape index (κ1) is 21.5. The number of hydrogen-bond donors (Lipinski definition) is 1. The van der Waals surface area contributed by atoms with Crippen molar-refractivity contribution in [3.05, 3.63) is 70.8 Å². The number of rotatable bonds is 7. The molecule has 3 rings (SSSR count). The van der Waals surface area contributed by atoms with E-state index < -0.39 is 0 Å². The minimum absolute atomic E-state index is 0.0824. The zero-order valence-electron chi connectivity index (χ0n) is 18.0. The van der Waals surface area contributed by atoms with Crippen molar-refractivity contribution < 1.29 is 4.79 Å². The van der Waals surface area contributed by atoms with Crippen molar-refractivity contribution in [3.63, 3.8) is 0 Å². The van der Waals surface area contributed by atoms with Gasteiger partial charge in [0, 0.05) is 25.3 Å². The number of para-hydroxylation sites is 2. The Hall–Kier alpha value is -3.19. The Balaban J connectivity index is 2.00. The Morgan fingerprint density at radius 2 is 1.73 bits per heavy atom. The monoisotopic (exact) mass is 407 g/mol. The van der Waals surface area contributed by atoms with Crippen molar-refractivity contribution in [1.82, 2.24) is 19.4 Å². The molecule has 2 aromatic carbocycles. The van der Waals surface area contributed by atoms with Gasteiger partial charge in [0.15, 0.2) is 0 Å². The molecule has 0 fully saturated rings. The zero-order chi connectivity index (χ0) is 21.7. The standard InChI is InChI=1S/C23H29N5O2/c1-5-27-21(25-20-14-10-9-13-19(20)22(27)29)17(2)28(16-15-26(3)4)23(30)24-18-11-7-6-8-12-18/h6-14,17H,5,15-16H2,1-4H3,(H,24,30). The number of fused-ring (bicyclic) bond motifs is 1. The lowest BCUT2D eigenvalue weighted by molar-refractivity contribution is 0.180.